The summed E-state index contributed by atoms with van der Waals surface area (Å²) in [6.45, 7) is 0. The molecule has 0 aliphatic heterocycles. The van der Waals surface area contributed by atoms with E-state index in [2.05, 4.69) is 0 Å². The van der Waals surface area contributed by atoms with E-state index in [-0.39, 0.29) is 27.6 Å². The summed E-state index contributed by atoms with van der Waals surface area (Å²) in [6, 6.07) is 15.5. The molecule has 62 heavy (non-hydrogen) atoms. The topological polar surface area (TPSA) is 57.4 Å². The van der Waals surface area contributed by atoms with E-state index < -0.39 is 108 Å². The Kier molecular flexibility index (Phi) is 9.18. The van der Waals surface area contributed by atoms with Crippen LogP contribution in [0.25, 0.3) is 66.1 Å². The third-order valence-corrected chi connectivity index (χ3v) is 10.2. The van der Waals surface area contributed by atoms with Crippen LogP contribution in [0.3, 0.4) is 0 Å². The minimum Gasteiger partial charge on any atom is -0.308 e. The van der Waals surface area contributed by atoms with E-state index in [1.165, 1.54) is 0 Å². The Bertz CT molecular complexity index is 2940. The van der Waals surface area contributed by atoms with Crippen molar-refractivity contribution in [3.8, 4) is 34.6 Å². The lowest BCUT2D eigenvalue weighted by atomic mass is 9.94. The van der Waals surface area contributed by atoms with Crippen LogP contribution >= 0.6 is 0 Å². The van der Waals surface area contributed by atoms with Crippen LogP contribution in [-0.4, -0.2) is 9.13 Å². The number of halogens is 15. The number of nitriles is 2. The van der Waals surface area contributed by atoms with Crippen molar-refractivity contribution in [1.29, 1.82) is 10.5 Å². The predicted molar refractivity (Wildman–Crippen MR) is 195 cm³/mol. The Hall–Kier alpha value is -7.15. The van der Waals surface area contributed by atoms with Gasteiger partial charge in [0.05, 0.1) is 84.5 Å². The zero-order valence-electron chi connectivity index (χ0n) is 30.3. The number of aromatic nitrogens is 2. The van der Waals surface area contributed by atoms with Crippen LogP contribution in [0.4, 0.5) is 65.9 Å². The lowest BCUT2D eigenvalue weighted by Gasteiger charge is -2.22. The van der Waals surface area contributed by atoms with Gasteiger partial charge in [-0.3, -0.25) is 0 Å². The third kappa shape index (κ3) is 6.96. The molecule has 0 fully saturated rings. The molecule has 0 amide bonds. The van der Waals surface area contributed by atoms with E-state index >= 15 is 0 Å². The van der Waals surface area contributed by atoms with Crippen LogP contribution in [0.5, 0.6) is 0 Å². The molecule has 0 radical (unpaired) electrons. The zero-order chi connectivity index (χ0) is 45.1. The second-order valence-corrected chi connectivity index (χ2v) is 14.0. The molecule has 2 heterocycles. The molecule has 0 spiro atoms. The van der Waals surface area contributed by atoms with Crippen LogP contribution in [0.1, 0.15) is 38.9 Å². The normalized spacial score (nSPS) is 13.0. The number of fused-ring (bicyclic) bond motifs is 6. The first-order valence-corrected chi connectivity index (χ1v) is 17.5. The first-order chi connectivity index (χ1) is 28.8. The summed E-state index contributed by atoms with van der Waals surface area (Å²) in [5.41, 5.74) is -10.4. The maximum absolute atomic E-state index is 14.5. The maximum Gasteiger partial charge on any atom is 0.416 e. The van der Waals surface area contributed by atoms with E-state index in [1.54, 1.807) is 6.07 Å². The van der Waals surface area contributed by atoms with Gasteiger partial charge in [0.1, 0.15) is 0 Å². The number of nitrogens with zero attached hydrogens (tertiary/aromatic N) is 4. The van der Waals surface area contributed by atoms with Gasteiger partial charge < -0.3 is 9.13 Å². The van der Waals surface area contributed by atoms with Gasteiger partial charge in [-0.15, -0.1) is 0 Å². The number of rotatable bonds is 3. The van der Waals surface area contributed by atoms with Gasteiger partial charge in [-0.2, -0.15) is 76.4 Å². The number of alkyl halides is 15. The van der Waals surface area contributed by atoms with E-state index in [4.69, 9.17) is 0 Å². The van der Waals surface area contributed by atoms with Crippen LogP contribution < -0.4 is 0 Å². The molecule has 0 aliphatic carbocycles. The van der Waals surface area contributed by atoms with Crippen LogP contribution in [-0.2, 0) is 30.9 Å². The molecule has 8 aromatic rings. The Balaban J connectivity index is 1.62. The van der Waals surface area contributed by atoms with E-state index in [9.17, 15) is 76.4 Å². The highest BCUT2D eigenvalue weighted by molar-refractivity contribution is 6.12. The van der Waals surface area contributed by atoms with Gasteiger partial charge in [-0.1, -0.05) is 0 Å². The van der Waals surface area contributed by atoms with Crippen LogP contribution in [0.15, 0.2) is 103 Å². The fourth-order valence-corrected chi connectivity index (χ4v) is 7.60. The first-order valence-electron chi connectivity index (χ1n) is 17.5. The second-order valence-electron chi connectivity index (χ2n) is 14.0. The lowest BCUT2D eigenvalue weighted by molar-refractivity contribution is -0.138. The summed E-state index contributed by atoms with van der Waals surface area (Å²) in [6.07, 6.45) is -25.3. The molecule has 314 valence electrons. The van der Waals surface area contributed by atoms with Crippen molar-refractivity contribution in [2.75, 3.05) is 0 Å². The minimum atomic E-state index is -5.15. The highest BCUT2D eigenvalue weighted by Crippen LogP contribution is 2.47. The minimum absolute atomic E-state index is 0.269. The average molecular weight is 875 g/mol. The van der Waals surface area contributed by atoms with E-state index in [0.717, 1.165) is 51.6 Å². The van der Waals surface area contributed by atoms with Gasteiger partial charge in [0.15, 0.2) is 0 Å². The molecular formula is C43H17F15N4. The molecule has 6 aromatic carbocycles. The van der Waals surface area contributed by atoms with Crippen molar-refractivity contribution in [3.63, 3.8) is 0 Å². The zero-order valence-corrected chi connectivity index (χ0v) is 30.3. The van der Waals surface area contributed by atoms with Gasteiger partial charge in [-0.25, -0.2) is 0 Å². The van der Waals surface area contributed by atoms with E-state index in [0.29, 0.717) is 60.7 Å². The summed E-state index contributed by atoms with van der Waals surface area (Å²) in [4.78, 5) is 0. The Morgan fingerprint density at radius 1 is 0.339 bits per heavy atom. The average Bonchev–Trinajstić information content (AvgIpc) is 3.69. The van der Waals surface area contributed by atoms with Crippen molar-refractivity contribution in [2.24, 2.45) is 0 Å². The fourth-order valence-electron chi connectivity index (χ4n) is 7.60. The number of benzene rings is 6. The predicted octanol–water partition coefficient (Wildman–Crippen LogP) is 14.4. The smallest absolute Gasteiger partial charge is 0.308 e. The summed E-state index contributed by atoms with van der Waals surface area (Å²) in [5, 5.41) is 18.5. The second kappa shape index (κ2) is 13.7. The quantitative estimate of drug-likeness (QED) is 0.166. The molecule has 19 heteroatoms. The molecule has 0 bridgehead atoms. The molecule has 2 aromatic heterocycles. The van der Waals surface area contributed by atoms with Crippen molar-refractivity contribution >= 4 is 43.6 Å². The standard InChI is InChI=1S/C43H17F15N4/c44-39(45,46)23-1-5-32-28(14-23)29-15-24(40(47,48)49)2-6-33(29)61(32)36-11-21(19-60)12-37(38(36)22-9-20(18-59)10-27(13-22)43(56,57)58)62-34-7-3-25(41(50,51)52)16-30(34)31-17-26(42(53,54)55)4-8-35(31)62/h1-17H. The third-order valence-electron chi connectivity index (χ3n) is 10.2. The van der Waals surface area contributed by atoms with Gasteiger partial charge in [-0.05, 0) is 109 Å². The molecule has 0 saturated carbocycles. The van der Waals surface area contributed by atoms with Crippen molar-refractivity contribution in [3.05, 3.63) is 142 Å². The van der Waals surface area contributed by atoms with Gasteiger partial charge in [0.25, 0.3) is 0 Å². The SMILES string of the molecule is N#Cc1cc(-c2c(-n3c4ccc(C(F)(F)F)cc4c4cc(C(F)(F)F)ccc43)cc(C#N)cc2-n2c3ccc(C(F)(F)F)cc3c3cc(C(F)(F)F)ccc32)cc(C(F)(F)F)c1. The number of hydrogen-bond acceptors (Lipinski definition) is 2. The molecule has 4 nitrogen and oxygen atoms in total. The molecule has 0 atom stereocenters. The van der Waals surface area contributed by atoms with Crippen molar-refractivity contribution in [2.45, 2.75) is 30.9 Å². The van der Waals surface area contributed by atoms with E-state index in [1.807, 2.05) is 6.07 Å². The summed E-state index contributed by atoms with van der Waals surface area (Å²) in [7, 11) is 0. The molecule has 8 rings (SSSR count). The Morgan fingerprint density at radius 2 is 0.629 bits per heavy atom. The van der Waals surface area contributed by atoms with Crippen molar-refractivity contribution < 1.29 is 65.9 Å². The van der Waals surface area contributed by atoms with Gasteiger partial charge in [0, 0.05) is 27.1 Å². The van der Waals surface area contributed by atoms with Gasteiger partial charge in [0.2, 0.25) is 0 Å². The largest absolute Gasteiger partial charge is 0.416 e. The molecule has 0 aliphatic rings. The highest BCUT2D eigenvalue weighted by Gasteiger charge is 2.37. The molecular weight excluding hydrogens is 857 g/mol. The summed E-state index contributed by atoms with van der Waals surface area (Å²) < 4.78 is 215. The lowest BCUT2D eigenvalue weighted by Crippen LogP contribution is -2.09. The molecule has 0 saturated heterocycles. The number of hydrogen-bond donors (Lipinski definition) is 0. The Labute approximate surface area is 336 Å². The molecule has 0 unspecified atom stereocenters. The van der Waals surface area contributed by atoms with Crippen LogP contribution in [0, 0.1) is 22.7 Å². The monoisotopic (exact) mass is 874 g/mol. The van der Waals surface area contributed by atoms with Crippen LogP contribution in [0.2, 0.25) is 0 Å². The van der Waals surface area contributed by atoms with Crippen molar-refractivity contribution in [1.82, 2.24) is 9.13 Å². The highest BCUT2D eigenvalue weighted by atomic mass is 19.4. The maximum atomic E-state index is 14.5. The Morgan fingerprint density at radius 3 is 0.903 bits per heavy atom. The van der Waals surface area contributed by atoms with Gasteiger partial charge >= 0.3 is 30.9 Å². The first kappa shape index (κ1) is 41.6. The fraction of sp³-hybridized carbons (Fsp3) is 0.116. The molecule has 0 N–H and O–H groups in total. The summed E-state index contributed by atoms with van der Waals surface area (Å²) >= 11 is 0. The summed E-state index contributed by atoms with van der Waals surface area (Å²) in [5.74, 6) is 0.